The summed E-state index contributed by atoms with van der Waals surface area (Å²) in [4.78, 5) is 17.0. The topological polar surface area (TPSA) is 42.0 Å². The summed E-state index contributed by atoms with van der Waals surface area (Å²) in [5.74, 6) is 1.79. The second-order valence-corrected chi connectivity index (χ2v) is 7.71. The van der Waals surface area contributed by atoms with Crippen LogP contribution in [0.5, 0.6) is 11.5 Å². The molecule has 0 aromatic heterocycles. The molecule has 5 heteroatoms. The number of hydrogen-bond acceptors (Lipinski definition) is 4. The number of carbonyl (C=O) groups is 1. The predicted octanol–water partition coefficient (Wildman–Crippen LogP) is 3.56. The molecule has 0 spiro atoms. The standard InChI is InChI=1S/C23H28N2O3/c1-17-6-3-4-7-19(17)15-24(2)23(26)16-25-11-5-8-20(25)18-9-10-21-22(14-18)28-13-12-27-21/h3-4,6-7,9-10,14,20H,5,8,11-13,15-16H2,1-2H3/t20-/m1/s1. The molecule has 2 aliphatic heterocycles. The van der Waals surface area contributed by atoms with E-state index >= 15 is 0 Å². The van der Waals surface area contributed by atoms with Gasteiger partial charge in [0.15, 0.2) is 11.5 Å². The molecule has 5 nitrogen and oxygen atoms in total. The van der Waals surface area contributed by atoms with E-state index in [0.717, 1.165) is 30.9 Å². The Morgan fingerprint density at radius 1 is 1.14 bits per heavy atom. The van der Waals surface area contributed by atoms with E-state index in [1.165, 1.54) is 16.7 Å². The van der Waals surface area contributed by atoms with Gasteiger partial charge < -0.3 is 14.4 Å². The van der Waals surface area contributed by atoms with Crippen LogP contribution in [0.25, 0.3) is 0 Å². The van der Waals surface area contributed by atoms with Crippen molar-refractivity contribution >= 4 is 5.91 Å². The van der Waals surface area contributed by atoms with Gasteiger partial charge in [0.25, 0.3) is 0 Å². The van der Waals surface area contributed by atoms with E-state index in [-0.39, 0.29) is 11.9 Å². The van der Waals surface area contributed by atoms with Crippen molar-refractivity contribution in [2.24, 2.45) is 0 Å². The van der Waals surface area contributed by atoms with Crippen LogP contribution in [0.1, 0.15) is 35.6 Å². The molecule has 2 aromatic rings. The summed E-state index contributed by atoms with van der Waals surface area (Å²) in [6.45, 7) is 5.32. The van der Waals surface area contributed by atoms with Gasteiger partial charge in [0.2, 0.25) is 5.91 Å². The fourth-order valence-corrected chi connectivity index (χ4v) is 4.09. The largest absolute Gasteiger partial charge is 0.486 e. The Kier molecular flexibility index (Phi) is 5.53. The molecule has 0 bridgehead atoms. The van der Waals surface area contributed by atoms with E-state index in [4.69, 9.17) is 9.47 Å². The maximum Gasteiger partial charge on any atom is 0.236 e. The summed E-state index contributed by atoms with van der Waals surface area (Å²) in [7, 11) is 1.89. The summed E-state index contributed by atoms with van der Waals surface area (Å²) in [5, 5.41) is 0. The van der Waals surface area contributed by atoms with Gasteiger partial charge in [-0.2, -0.15) is 0 Å². The van der Waals surface area contributed by atoms with Crippen LogP contribution in [0.2, 0.25) is 0 Å². The van der Waals surface area contributed by atoms with Crippen LogP contribution in [0, 0.1) is 6.92 Å². The number of likely N-dealkylation sites (N-methyl/N-ethyl adjacent to an activating group) is 1. The van der Waals surface area contributed by atoms with E-state index in [0.29, 0.717) is 26.3 Å². The number of benzene rings is 2. The number of nitrogens with zero attached hydrogens (tertiary/aromatic N) is 2. The summed E-state index contributed by atoms with van der Waals surface area (Å²) in [6, 6.07) is 14.7. The van der Waals surface area contributed by atoms with Crippen molar-refractivity contribution in [1.82, 2.24) is 9.80 Å². The number of ether oxygens (including phenoxy) is 2. The van der Waals surface area contributed by atoms with Crippen LogP contribution in [-0.2, 0) is 11.3 Å². The number of amides is 1. The minimum atomic E-state index is 0.160. The normalized spacial score (nSPS) is 18.9. The highest BCUT2D eigenvalue weighted by Gasteiger charge is 2.29. The molecule has 1 atom stereocenters. The highest BCUT2D eigenvalue weighted by atomic mass is 16.6. The lowest BCUT2D eigenvalue weighted by molar-refractivity contribution is -0.131. The number of aryl methyl sites for hydroxylation is 1. The maximum atomic E-state index is 12.9. The first-order valence-corrected chi connectivity index (χ1v) is 10.0. The molecular formula is C23H28N2O3. The van der Waals surface area contributed by atoms with Gasteiger partial charge in [-0.1, -0.05) is 30.3 Å². The van der Waals surface area contributed by atoms with Crippen molar-refractivity contribution in [3.63, 3.8) is 0 Å². The van der Waals surface area contributed by atoms with Gasteiger partial charge in [0.1, 0.15) is 13.2 Å². The number of likely N-dealkylation sites (tertiary alicyclic amines) is 1. The molecule has 0 aliphatic carbocycles. The van der Waals surface area contributed by atoms with Gasteiger partial charge >= 0.3 is 0 Å². The van der Waals surface area contributed by atoms with Crippen molar-refractivity contribution in [1.29, 1.82) is 0 Å². The smallest absolute Gasteiger partial charge is 0.236 e. The van der Waals surface area contributed by atoms with Crippen molar-refractivity contribution < 1.29 is 14.3 Å². The highest BCUT2D eigenvalue weighted by Crippen LogP contribution is 2.37. The Morgan fingerprint density at radius 2 is 1.93 bits per heavy atom. The lowest BCUT2D eigenvalue weighted by Gasteiger charge is -2.28. The second-order valence-electron chi connectivity index (χ2n) is 7.71. The Morgan fingerprint density at radius 3 is 2.75 bits per heavy atom. The third-order valence-corrected chi connectivity index (χ3v) is 5.75. The molecule has 1 fully saturated rings. The fraction of sp³-hybridized carbons (Fsp3) is 0.435. The van der Waals surface area contributed by atoms with Crippen LogP contribution in [-0.4, -0.2) is 49.1 Å². The molecule has 0 saturated carbocycles. The van der Waals surface area contributed by atoms with Crippen LogP contribution in [0.15, 0.2) is 42.5 Å². The number of hydrogen-bond donors (Lipinski definition) is 0. The average Bonchev–Trinajstić information content (AvgIpc) is 3.17. The van der Waals surface area contributed by atoms with Crippen molar-refractivity contribution in [3.8, 4) is 11.5 Å². The average molecular weight is 380 g/mol. The second kappa shape index (κ2) is 8.23. The predicted molar refractivity (Wildman–Crippen MR) is 109 cm³/mol. The molecule has 1 amide bonds. The Labute approximate surface area is 166 Å². The maximum absolute atomic E-state index is 12.9. The molecule has 4 rings (SSSR count). The molecule has 0 radical (unpaired) electrons. The van der Waals surface area contributed by atoms with Gasteiger partial charge in [-0.3, -0.25) is 9.69 Å². The molecule has 148 valence electrons. The lowest BCUT2D eigenvalue weighted by atomic mass is 10.0. The van der Waals surface area contributed by atoms with Crippen molar-refractivity contribution in [2.45, 2.75) is 32.4 Å². The number of rotatable bonds is 5. The van der Waals surface area contributed by atoms with Crippen LogP contribution < -0.4 is 9.47 Å². The molecule has 0 unspecified atom stereocenters. The molecule has 0 N–H and O–H groups in total. The Balaban J connectivity index is 1.42. The van der Waals surface area contributed by atoms with Crippen molar-refractivity contribution in [3.05, 3.63) is 59.2 Å². The van der Waals surface area contributed by atoms with E-state index in [9.17, 15) is 4.79 Å². The van der Waals surface area contributed by atoms with Gasteiger partial charge in [0.05, 0.1) is 6.54 Å². The van der Waals surface area contributed by atoms with Crippen LogP contribution >= 0.6 is 0 Å². The summed E-state index contributed by atoms with van der Waals surface area (Å²) in [6.07, 6.45) is 2.17. The van der Waals surface area contributed by atoms with E-state index in [1.54, 1.807) is 0 Å². The third kappa shape index (κ3) is 3.99. The molecule has 2 aromatic carbocycles. The van der Waals surface area contributed by atoms with Gasteiger partial charge in [-0.25, -0.2) is 0 Å². The van der Waals surface area contributed by atoms with Gasteiger partial charge in [0, 0.05) is 19.6 Å². The van der Waals surface area contributed by atoms with E-state index in [1.807, 2.05) is 30.1 Å². The quantitative estimate of drug-likeness (QED) is 0.795. The molecular weight excluding hydrogens is 352 g/mol. The minimum absolute atomic E-state index is 0.160. The summed E-state index contributed by atoms with van der Waals surface area (Å²) < 4.78 is 11.4. The lowest BCUT2D eigenvalue weighted by Crippen LogP contribution is -2.38. The zero-order chi connectivity index (χ0) is 19.5. The van der Waals surface area contributed by atoms with Crippen molar-refractivity contribution in [2.75, 3.05) is 33.4 Å². The molecule has 28 heavy (non-hydrogen) atoms. The van der Waals surface area contributed by atoms with Gasteiger partial charge in [-0.05, 0) is 55.1 Å². The van der Waals surface area contributed by atoms with E-state index < -0.39 is 0 Å². The Hall–Kier alpha value is -2.53. The highest BCUT2D eigenvalue weighted by molar-refractivity contribution is 5.78. The first-order chi connectivity index (χ1) is 13.6. The zero-order valence-electron chi connectivity index (χ0n) is 16.7. The van der Waals surface area contributed by atoms with E-state index in [2.05, 4.69) is 36.1 Å². The van der Waals surface area contributed by atoms with Crippen LogP contribution in [0.3, 0.4) is 0 Å². The number of fused-ring (bicyclic) bond motifs is 1. The van der Waals surface area contributed by atoms with Gasteiger partial charge in [-0.15, -0.1) is 0 Å². The molecule has 2 aliphatic rings. The number of carbonyl (C=O) groups excluding carboxylic acids is 1. The SMILES string of the molecule is Cc1ccccc1CN(C)C(=O)CN1CCC[C@@H]1c1ccc2c(c1)OCCO2. The summed E-state index contributed by atoms with van der Waals surface area (Å²) >= 11 is 0. The first-order valence-electron chi connectivity index (χ1n) is 10.0. The monoisotopic (exact) mass is 380 g/mol. The summed E-state index contributed by atoms with van der Waals surface area (Å²) in [5.41, 5.74) is 3.62. The Bertz CT molecular complexity index is 851. The minimum Gasteiger partial charge on any atom is -0.486 e. The molecule has 2 heterocycles. The van der Waals surface area contributed by atoms with Crippen LogP contribution in [0.4, 0.5) is 0 Å². The first kappa shape index (κ1) is 18.8. The third-order valence-electron chi connectivity index (χ3n) is 5.75. The molecule has 1 saturated heterocycles. The fourth-order valence-electron chi connectivity index (χ4n) is 4.09. The zero-order valence-corrected chi connectivity index (χ0v) is 16.7.